The first-order valence-electron chi connectivity index (χ1n) is 6.99. The first-order valence-corrected chi connectivity index (χ1v) is 6.99. The molecule has 2 rings (SSSR count). The summed E-state index contributed by atoms with van der Waals surface area (Å²) in [5.41, 5.74) is 6.52. The molecule has 4 nitrogen and oxygen atoms in total. The standard InChI is InChI=1S/C15H22N2O2/c1-2-19-13-9-5-4-8-12(13)14(15(16)18)17-10-6-3-7-11-17/h4-5,8-9,14H,2-3,6-7,10-11H2,1H3,(H2,16,18). The molecule has 1 amide bonds. The number of likely N-dealkylation sites (tertiary alicyclic amines) is 1. The van der Waals surface area contributed by atoms with Crippen molar-refractivity contribution in [2.75, 3.05) is 19.7 Å². The van der Waals surface area contributed by atoms with E-state index in [0.29, 0.717) is 6.61 Å². The molecule has 2 N–H and O–H groups in total. The fraction of sp³-hybridized carbons (Fsp3) is 0.533. The monoisotopic (exact) mass is 262 g/mol. The van der Waals surface area contributed by atoms with Gasteiger partial charge in [0, 0.05) is 5.56 Å². The van der Waals surface area contributed by atoms with Crippen molar-refractivity contribution < 1.29 is 9.53 Å². The number of carbonyl (C=O) groups excluding carboxylic acids is 1. The maximum Gasteiger partial charge on any atom is 0.239 e. The highest BCUT2D eigenvalue weighted by molar-refractivity contribution is 5.82. The molecule has 1 atom stereocenters. The lowest BCUT2D eigenvalue weighted by molar-refractivity contribution is -0.123. The van der Waals surface area contributed by atoms with Crippen molar-refractivity contribution in [2.24, 2.45) is 5.73 Å². The molecule has 1 aromatic rings. The second-order valence-electron chi connectivity index (χ2n) is 4.87. The molecule has 4 heteroatoms. The second-order valence-corrected chi connectivity index (χ2v) is 4.87. The molecular weight excluding hydrogens is 240 g/mol. The molecule has 1 aliphatic heterocycles. The Morgan fingerprint density at radius 3 is 2.63 bits per heavy atom. The number of hydrogen-bond donors (Lipinski definition) is 1. The zero-order chi connectivity index (χ0) is 13.7. The van der Waals surface area contributed by atoms with Crippen molar-refractivity contribution in [2.45, 2.75) is 32.2 Å². The number of para-hydroxylation sites is 1. The number of hydrogen-bond acceptors (Lipinski definition) is 3. The van der Waals surface area contributed by atoms with Gasteiger partial charge in [-0.15, -0.1) is 0 Å². The number of carbonyl (C=O) groups is 1. The molecule has 0 bridgehead atoms. The van der Waals surface area contributed by atoms with Crippen molar-refractivity contribution in [3.05, 3.63) is 29.8 Å². The molecule has 0 saturated carbocycles. The number of nitrogens with zero attached hydrogens (tertiary/aromatic N) is 1. The van der Waals surface area contributed by atoms with Crippen LogP contribution in [0.5, 0.6) is 5.75 Å². The SMILES string of the molecule is CCOc1ccccc1C(C(N)=O)N1CCCCC1. The number of amides is 1. The van der Waals surface area contributed by atoms with Gasteiger partial charge >= 0.3 is 0 Å². The minimum absolute atomic E-state index is 0.297. The van der Waals surface area contributed by atoms with Crippen LogP contribution >= 0.6 is 0 Å². The van der Waals surface area contributed by atoms with Gasteiger partial charge in [-0.1, -0.05) is 24.6 Å². The van der Waals surface area contributed by atoms with Gasteiger partial charge in [-0.2, -0.15) is 0 Å². The Labute approximate surface area is 114 Å². The van der Waals surface area contributed by atoms with E-state index in [2.05, 4.69) is 4.90 Å². The molecule has 1 fully saturated rings. The molecule has 0 aromatic heterocycles. The lowest BCUT2D eigenvalue weighted by Gasteiger charge is -2.33. The summed E-state index contributed by atoms with van der Waals surface area (Å²) in [7, 11) is 0. The number of benzene rings is 1. The highest BCUT2D eigenvalue weighted by Crippen LogP contribution is 2.31. The summed E-state index contributed by atoms with van der Waals surface area (Å²) in [6.45, 7) is 4.38. The van der Waals surface area contributed by atoms with Crippen LogP contribution in [-0.2, 0) is 4.79 Å². The van der Waals surface area contributed by atoms with Gasteiger partial charge in [-0.25, -0.2) is 0 Å². The van der Waals surface area contributed by atoms with E-state index in [1.54, 1.807) is 0 Å². The van der Waals surface area contributed by atoms with E-state index in [1.165, 1.54) is 6.42 Å². The Kier molecular flexibility index (Phi) is 4.80. The third-order valence-corrected chi connectivity index (χ3v) is 3.54. The van der Waals surface area contributed by atoms with Crippen LogP contribution < -0.4 is 10.5 Å². The normalized spacial score (nSPS) is 17.9. The van der Waals surface area contributed by atoms with Crippen LogP contribution in [0, 0.1) is 0 Å². The Hall–Kier alpha value is -1.55. The van der Waals surface area contributed by atoms with E-state index < -0.39 is 0 Å². The van der Waals surface area contributed by atoms with Crippen LogP contribution in [0.3, 0.4) is 0 Å². The first-order chi connectivity index (χ1) is 9.24. The summed E-state index contributed by atoms with van der Waals surface area (Å²) in [6, 6.07) is 7.32. The topological polar surface area (TPSA) is 55.6 Å². The van der Waals surface area contributed by atoms with E-state index in [1.807, 2.05) is 31.2 Å². The lowest BCUT2D eigenvalue weighted by Crippen LogP contribution is -2.41. The highest BCUT2D eigenvalue weighted by Gasteiger charge is 2.29. The fourth-order valence-electron chi connectivity index (χ4n) is 2.70. The van der Waals surface area contributed by atoms with Gasteiger partial charge in [-0.05, 0) is 38.9 Å². The van der Waals surface area contributed by atoms with Gasteiger partial charge in [-0.3, -0.25) is 9.69 Å². The van der Waals surface area contributed by atoms with Gasteiger partial charge < -0.3 is 10.5 Å². The zero-order valence-corrected chi connectivity index (χ0v) is 11.5. The summed E-state index contributed by atoms with van der Waals surface area (Å²) in [5.74, 6) is 0.466. The lowest BCUT2D eigenvalue weighted by atomic mass is 10.0. The largest absolute Gasteiger partial charge is 0.494 e. The molecular formula is C15H22N2O2. The molecule has 0 radical (unpaired) electrons. The number of ether oxygens (including phenoxy) is 1. The highest BCUT2D eigenvalue weighted by atomic mass is 16.5. The Bertz CT molecular complexity index is 428. The Balaban J connectivity index is 2.30. The van der Waals surface area contributed by atoms with Crippen molar-refractivity contribution >= 4 is 5.91 Å². The van der Waals surface area contributed by atoms with E-state index >= 15 is 0 Å². The van der Waals surface area contributed by atoms with Gasteiger partial charge in [0.1, 0.15) is 11.8 Å². The predicted octanol–water partition coefficient (Wildman–Crippen LogP) is 2.10. The number of rotatable bonds is 5. The van der Waals surface area contributed by atoms with Crippen LogP contribution in [0.25, 0.3) is 0 Å². The van der Waals surface area contributed by atoms with Crippen molar-refractivity contribution in [1.29, 1.82) is 0 Å². The molecule has 1 heterocycles. The van der Waals surface area contributed by atoms with E-state index in [9.17, 15) is 4.79 Å². The van der Waals surface area contributed by atoms with Gasteiger partial charge in [0.25, 0.3) is 0 Å². The smallest absolute Gasteiger partial charge is 0.239 e. The van der Waals surface area contributed by atoms with Crippen LogP contribution in [0.15, 0.2) is 24.3 Å². The average molecular weight is 262 g/mol. The molecule has 1 saturated heterocycles. The maximum absolute atomic E-state index is 11.9. The van der Waals surface area contributed by atoms with Crippen LogP contribution in [0.2, 0.25) is 0 Å². The van der Waals surface area contributed by atoms with Gasteiger partial charge in [0.2, 0.25) is 5.91 Å². The van der Waals surface area contributed by atoms with Gasteiger partial charge in [0.15, 0.2) is 0 Å². The summed E-state index contributed by atoms with van der Waals surface area (Å²) in [6.07, 6.45) is 3.48. The minimum Gasteiger partial charge on any atom is -0.494 e. The van der Waals surface area contributed by atoms with E-state index in [0.717, 1.165) is 37.2 Å². The summed E-state index contributed by atoms with van der Waals surface area (Å²) in [4.78, 5) is 14.1. The quantitative estimate of drug-likeness (QED) is 0.884. The Morgan fingerprint density at radius 2 is 2.00 bits per heavy atom. The van der Waals surface area contributed by atoms with Crippen molar-refractivity contribution in [1.82, 2.24) is 4.90 Å². The molecule has 0 spiro atoms. The third kappa shape index (κ3) is 3.26. The molecule has 0 aliphatic carbocycles. The predicted molar refractivity (Wildman–Crippen MR) is 75.0 cm³/mol. The third-order valence-electron chi connectivity index (χ3n) is 3.54. The zero-order valence-electron chi connectivity index (χ0n) is 11.5. The number of primary amides is 1. The number of piperidine rings is 1. The van der Waals surface area contributed by atoms with Crippen LogP contribution in [0.4, 0.5) is 0 Å². The van der Waals surface area contributed by atoms with Crippen LogP contribution in [-0.4, -0.2) is 30.5 Å². The maximum atomic E-state index is 11.9. The fourth-order valence-corrected chi connectivity index (χ4v) is 2.70. The Morgan fingerprint density at radius 1 is 1.32 bits per heavy atom. The summed E-state index contributed by atoms with van der Waals surface area (Å²) < 4.78 is 5.62. The number of nitrogens with two attached hydrogens (primary N) is 1. The molecule has 1 aliphatic rings. The molecule has 104 valence electrons. The van der Waals surface area contributed by atoms with Crippen molar-refractivity contribution in [3.63, 3.8) is 0 Å². The molecule has 1 aromatic carbocycles. The van der Waals surface area contributed by atoms with E-state index in [-0.39, 0.29) is 11.9 Å². The van der Waals surface area contributed by atoms with E-state index in [4.69, 9.17) is 10.5 Å². The second kappa shape index (κ2) is 6.57. The van der Waals surface area contributed by atoms with Gasteiger partial charge in [0.05, 0.1) is 6.61 Å². The van der Waals surface area contributed by atoms with Crippen LogP contribution in [0.1, 0.15) is 37.8 Å². The molecule has 1 unspecified atom stereocenters. The summed E-state index contributed by atoms with van der Waals surface area (Å²) in [5, 5.41) is 0. The molecule has 19 heavy (non-hydrogen) atoms. The first kappa shape index (κ1) is 13.9. The minimum atomic E-state index is -0.372. The average Bonchev–Trinajstić information content (AvgIpc) is 2.42. The summed E-state index contributed by atoms with van der Waals surface area (Å²) >= 11 is 0. The van der Waals surface area contributed by atoms with Crippen molar-refractivity contribution in [3.8, 4) is 5.75 Å².